The Labute approximate surface area is 194 Å². The number of carbonyl (C=O) groups excluding carboxylic acids is 1. The minimum Gasteiger partial charge on any atom is -0.491 e. The number of aromatic nitrogens is 1. The Bertz CT molecular complexity index is 1180. The Morgan fingerprint density at radius 2 is 1.94 bits per heavy atom. The molecule has 7 heteroatoms. The van der Waals surface area contributed by atoms with Gasteiger partial charge in [0.05, 0.1) is 26.0 Å². The number of benzene rings is 2. The van der Waals surface area contributed by atoms with E-state index in [0.29, 0.717) is 13.1 Å². The molecule has 2 heterocycles. The highest BCUT2D eigenvalue weighted by molar-refractivity contribution is 5.80. The molecule has 1 unspecified atom stereocenters. The van der Waals surface area contributed by atoms with Crippen molar-refractivity contribution in [1.82, 2.24) is 20.5 Å². The van der Waals surface area contributed by atoms with Gasteiger partial charge < -0.3 is 25.1 Å². The van der Waals surface area contributed by atoms with E-state index >= 15 is 0 Å². The zero-order chi connectivity index (χ0) is 23.0. The first kappa shape index (κ1) is 22.9. The van der Waals surface area contributed by atoms with E-state index in [4.69, 9.17) is 9.47 Å². The van der Waals surface area contributed by atoms with Gasteiger partial charge >= 0.3 is 6.03 Å². The molecule has 2 aromatic carbocycles. The van der Waals surface area contributed by atoms with Gasteiger partial charge in [0.15, 0.2) is 0 Å². The largest absolute Gasteiger partial charge is 0.491 e. The van der Waals surface area contributed by atoms with E-state index < -0.39 is 0 Å². The van der Waals surface area contributed by atoms with Crippen molar-refractivity contribution in [2.24, 2.45) is 0 Å². The maximum Gasteiger partial charge on any atom is 0.314 e. The lowest BCUT2D eigenvalue weighted by molar-refractivity contribution is 0.0387. The van der Waals surface area contributed by atoms with Crippen molar-refractivity contribution >= 4 is 29.8 Å². The molecule has 0 aliphatic carbocycles. The fourth-order valence-corrected chi connectivity index (χ4v) is 4.08. The van der Waals surface area contributed by atoms with Gasteiger partial charge in [-0.25, -0.2) is 4.79 Å². The van der Waals surface area contributed by atoms with Crippen LogP contribution in [0.15, 0.2) is 48.5 Å². The van der Waals surface area contributed by atoms with E-state index in [1.54, 1.807) is 6.26 Å². The van der Waals surface area contributed by atoms with Crippen LogP contribution in [0.1, 0.15) is 17.2 Å². The molecule has 33 heavy (non-hydrogen) atoms. The number of aryl methyl sites for hydroxylation is 1. The van der Waals surface area contributed by atoms with Crippen molar-refractivity contribution in [3.63, 3.8) is 0 Å². The molecule has 1 fully saturated rings. The van der Waals surface area contributed by atoms with Crippen molar-refractivity contribution in [1.29, 1.82) is 0 Å². The monoisotopic (exact) mass is 448 g/mol. The van der Waals surface area contributed by atoms with Crippen LogP contribution >= 0.6 is 0 Å². The van der Waals surface area contributed by atoms with E-state index in [1.807, 2.05) is 55.5 Å². The molecule has 3 aromatic rings. The Morgan fingerprint density at radius 1 is 1.18 bits per heavy atom. The number of H-pyrrole nitrogens is 1. The lowest BCUT2D eigenvalue weighted by Crippen LogP contribution is -2.44. The lowest BCUT2D eigenvalue weighted by Gasteiger charge is -2.26. The number of ether oxygens (including phenoxy) is 2. The van der Waals surface area contributed by atoms with Gasteiger partial charge in [-0.05, 0) is 24.1 Å². The smallest absolute Gasteiger partial charge is 0.314 e. The van der Waals surface area contributed by atoms with Crippen LogP contribution in [0.2, 0.25) is 0 Å². The van der Waals surface area contributed by atoms with Crippen LogP contribution in [-0.4, -0.2) is 61.9 Å². The van der Waals surface area contributed by atoms with Gasteiger partial charge in [-0.15, -0.1) is 0 Å². The molecule has 0 radical (unpaired) electrons. The number of hydrogen-bond donors (Lipinski definition) is 3. The van der Waals surface area contributed by atoms with E-state index in [1.165, 1.54) is 0 Å². The number of nitrogens with zero attached hydrogens (tertiary/aromatic N) is 1. The van der Waals surface area contributed by atoms with Crippen LogP contribution in [0.4, 0.5) is 4.79 Å². The number of hydrogen-bond acceptors (Lipinski definition) is 4. The summed E-state index contributed by atoms with van der Waals surface area (Å²) in [5, 5.41) is 8.68. The fraction of sp³-hybridized carbons (Fsp3) is 0.346. The number of urea groups is 1. The second-order valence-corrected chi connectivity index (χ2v) is 8.25. The zero-order valence-electron chi connectivity index (χ0n) is 19.1. The average Bonchev–Trinajstić information content (AvgIpc) is 3.15. The molecule has 2 amide bonds. The summed E-state index contributed by atoms with van der Waals surface area (Å²) < 4.78 is 11.6. The number of aromatic amines is 1. The van der Waals surface area contributed by atoms with Crippen LogP contribution in [0.25, 0.3) is 23.7 Å². The second kappa shape index (κ2) is 11.0. The first-order valence-corrected chi connectivity index (χ1v) is 11.4. The molecule has 1 saturated heterocycles. The van der Waals surface area contributed by atoms with Crippen molar-refractivity contribution in [2.75, 3.05) is 45.9 Å². The van der Waals surface area contributed by atoms with E-state index in [2.05, 4.69) is 27.1 Å². The van der Waals surface area contributed by atoms with Crippen molar-refractivity contribution < 1.29 is 14.3 Å². The summed E-state index contributed by atoms with van der Waals surface area (Å²) in [7, 11) is 0. The fourth-order valence-electron chi connectivity index (χ4n) is 4.08. The van der Waals surface area contributed by atoms with Gasteiger partial charge in [-0.2, -0.15) is 0 Å². The normalized spacial score (nSPS) is 16.0. The summed E-state index contributed by atoms with van der Waals surface area (Å²) in [6.45, 7) is 11.2. The highest BCUT2D eigenvalue weighted by Crippen LogP contribution is 2.21. The lowest BCUT2D eigenvalue weighted by atomic mass is 10.0. The number of fused-ring (bicyclic) bond motifs is 1. The SMILES string of the molecule is C=c1[nH]c2ccccc2/c1=C\OC(CNC(=O)NCCN1CCOCC1)c1ccccc1C. The first-order chi connectivity index (χ1) is 16.1. The number of amides is 2. The molecular weight excluding hydrogens is 416 g/mol. The minimum atomic E-state index is -0.329. The summed E-state index contributed by atoms with van der Waals surface area (Å²) in [6.07, 6.45) is 1.42. The summed E-state index contributed by atoms with van der Waals surface area (Å²) in [5.74, 6) is 0. The third-order valence-electron chi connectivity index (χ3n) is 5.98. The molecule has 1 aliphatic heterocycles. The number of morpholine rings is 1. The van der Waals surface area contributed by atoms with Crippen LogP contribution in [0.3, 0.4) is 0 Å². The number of para-hydroxylation sites is 1. The van der Waals surface area contributed by atoms with Crippen LogP contribution < -0.4 is 21.2 Å². The molecule has 4 rings (SSSR count). The quantitative estimate of drug-likeness (QED) is 0.493. The Morgan fingerprint density at radius 3 is 2.76 bits per heavy atom. The maximum absolute atomic E-state index is 12.4. The molecule has 1 atom stereocenters. The van der Waals surface area contributed by atoms with Crippen molar-refractivity contribution in [2.45, 2.75) is 13.0 Å². The minimum absolute atomic E-state index is 0.199. The summed E-state index contributed by atoms with van der Waals surface area (Å²) in [4.78, 5) is 18.0. The van der Waals surface area contributed by atoms with Gasteiger partial charge in [0.1, 0.15) is 6.10 Å². The molecule has 0 spiro atoms. The molecule has 1 aromatic heterocycles. The van der Waals surface area contributed by atoms with Crippen molar-refractivity contribution in [3.05, 3.63) is 70.2 Å². The van der Waals surface area contributed by atoms with E-state index in [0.717, 1.165) is 65.4 Å². The number of carbonyl (C=O) groups is 1. The zero-order valence-corrected chi connectivity index (χ0v) is 19.1. The van der Waals surface area contributed by atoms with Crippen LogP contribution in [0, 0.1) is 6.92 Å². The third kappa shape index (κ3) is 5.94. The second-order valence-electron chi connectivity index (χ2n) is 8.25. The van der Waals surface area contributed by atoms with Gasteiger partial charge in [0, 0.05) is 47.6 Å². The Kier molecular flexibility index (Phi) is 7.65. The molecule has 7 nitrogen and oxygen atoms in total. The Balaban J connectivity index is 1.42. The molecular formula is C26H32N4O3. The van der Waals surface area contributed by atoms with Gasteiger partial charge in [-0.3, -0.25) is 4.90 Å². The maximum atomic E-state index is 12.4. The number of nitrogens with one attached hydrogen (secondary N) is 3. The summed E-state index contributed by atoms with van der Waals surface area (Å²) >= 11 is 0. The highest BCUT2D eigenvalue weighted by atomic mass is 16.5. The molecule has 0 saturated carbocycles. The molecule has 3 N–H and O–H groups in total. The van der Waals surface area contributed by atoms with Crippen molar-refractivity contribution in [3.8, 4) is 0 Å². The standard InChI is InChI=1S/C26H32N4O3/c1-19-7-3-4-8-21(19)25(17-28-26(31)27-11-12-30-13-15-32-16-14-30)33-18-23-20(2)29-24-10-6-5-9-22(23)24/h3-10,18,25,29H,2,11-17H2,1H3,(H2,27,28,31)/b23-18-. The van der Waals surface area contributed by atoms with Gasteiger partial charge in [0.25, 0.3) is 0 Å². The first-order valence-electron chi connectivity index (χ1n) is 11.4. The van der Waals surface area contributed by atoms with Crippen LogP contribution in [-0.2, 0) is 9.47 Å². The predicted molar refractivity (Wildman–Crippen MR) is 131 cm³/mol. The van der Waals surface area contributed by atoms with Gasteiger partial charge in [-0.1, -0.05) is 49.0 Å². The van der Waals surface area contributed by atoms with Crippen LogP contribution in [0.5, 0.6) is 0 Å². The Hall–Kier alpha value is -3.29. The molecule has 0 bridgehead atoms. The van der Waals surface area contributed by atoms with Gasteiger partial charge in [0.2, 0.25) is 0 Å². The summed E-state index contributed by atoms with van der Waals surface area (Å²) in [5.41, 5.74) is 3.16. The summed E-state index contributed by atoms with van der Waals surface area (Å²) in [6, 6.07) is 15.9. The van der Waals surface area contributed by atoms with E-state index in [-0.39, 0.29) is 12.1 Å². The number of rotatable bonds is 8. The highest BCUT2D eigenvalue weighted by Gasteiger charge is 2.16. The van der Waals surface area contributed by atoms with E-state index in [9.17, 15) is 4.79 Å². The predicted octanol–water partition coefficient (Wildman–Crippen LogP) is 2.01. The molecule has 1 aliphatic rings. The third-order valence-corrected chi connectivity index (χ3v) is 5.98. The average molecular weight is 449 g/mol. The topological polar surface area (TPSA) is 78.6 Å². The molecule has 174 valence electrons.